The standard InChI is InChI=1S/C48H56N5O21P3S2.3Na/c1-6-51-35-21-19-31(78-74-71-59)26-34(35)47(2,3)40(51)16-9-7-10-17-41-48(4,5)44-33-14-13-15-39(79(65,66)67)32(33)20-22-36(44)52(41)25-12-8-11-18-42(55)49-24-23-30-28-53(46(57)50-45(30)56)43-27-37(54)38(69-43)29-68-77(72-60,73-70-58,75(61)62)76(63)64;;;/h7,9-10,13-17,19-24,26,28,37-38,43,54H,6,8,11-12,18,25,27,29H2,1-5H3,(H5-,49,50,55,56,57,58,59,60,65,66,67);;;/q;3*+1/p-3/b24-23+;;;. The number of allylic oxidation sites excluding steroid dienone is 6. The number of nitrogens with one attached hydrogen (secondary N) is 2. The number of fused-ring (bicyclic) bond motifs is 4. The average molecular weight is 1260 g/mol. The van der Waals surface area contributed by atoms with E-state index in [1.165, 1.54) is 18.3 Å². The Kier molecular flexibility index (Phi) is 26.6. The molecule has 5 unspecified atom stereocenters. The summed E-state index contributed by atoms with van der Waals surface area (Å²) in [7, 11) is -14.0. The summed E-state index contributed by atoms with van der Waals surface area (Å²) in [5, 5.41) is 53.1. The molecule has 4 aromatic rings. The number of likely N-dealkylation sites (N-methyl/N-ethyl adjacent to an activating group) is 1. The SMILES string of the molecule is CCN1/C(=C/C=C/C=C/C2=[N+](CCCCCC(=O)N/C=C/c3cn(C4CC(O)C(COP(O[O-])(OO[O-])([P+](=O)[O-])[P+](=O)[O-])O4)c(=O)[nH]c3=O)c3ccc4c(S(=O)(=O)[O-])cccc4c3C2(C)C)C(C)(C)c2cc(SOO[O-])ccc21.[Na+].[Na+].[Na+]. The van der Waals surface area contributed by atoms with Crippen molar-refractivity contribution in [2.24, 2.45) is 0 Å². The Hall–Kier alpha value is -2.13. The third kappa shape index (κ3) is 14.9. The number of carbonyl (C=O) groups excluding carboxylic acids is 1. The number of nitrogens with zero attached hydrogens (tertiary/aromatic N) is 3. The molecule has 3 aliphatic rings. The second kappa shape index (κ2) is 30.2. The molecule has 1 amide bonds. The molecule has 82 heavy (non-hydrogen) atoms. The van der Waals surface area contributed by atoms with Crippen molar-refractivity contribution in [3.05, 3.63) is 135 Å². The van der Waals surface area contributed by atoms with Gasteiger partial charge in [-0.05, 0) is 86.4 Å². The summed E-state index contributed by atoms with van der Waals surface area (Å²) in [6.07, 6.45) is 9.89. The van der Waals surface area contributed by atoms with Crippen molar-refractivity contribution in [3.63, 3.8) is 0 Å². The number of aliphatic hydroxyl groups excluding tert-OH is 1. The van der Waals surface area contributed by atoms with Gasteiger partial charge in [-0.15, -0.1) is 0 Å². The quantitative estimate of drug-likeness (QED) is 0.00640. The molecule has 1 aromatic heterocycles. The van der Waals surface area contributed by atoms with Gasteiger partial charge < -0.3 is 14.7 Å². The number of H-pyrrole nitrogens is 1. The number of benzene rings is 3. The number of amides is 1. The van der Waals surface area contributed by atoms with E-state index in [4.69, 9.17) is 9.26 Å². The monoisotopic (exact) mass is 1260 g/mol. The van der Waals surface area contributed by atoms with Crippen LogP contribution in [0.2, 0.25) is 0 Å². The van der Waals surface area contributed by atoms with Gasteiger partial charge in [0.15, 0.2) is 5.71 Å². The summed E-state index contributed by atoms with van der Waals surface area (Å²) in [6, 6.07) is 13.9. The van der Waals surface area contributed by atoms with Crippen molar-refractivity contribution < 1.29 is 184 Å². The van der Waals surface area contributed by atoms with Crippen molar-refractivity contribution in [2.45, 2.75) is 106 Å². The maximum Gasteiger partial charge on any atom is 1.00 e. The molecule has 0 bridgehead atoms. The third-order valence-corrected chi connectivity index (χ3v) is 24.9. The first-order valence-corrected chi connectivity index (χ1v) is 32.0. The number of aliphatic hydroxyl groups is 1. The number of unbranched alkanes of at least 4 members (excludes halogenated alkanes) is 2. The molecule has 7 rings (SSSR count). The van der Waals surface area contributed by atoms with E-state index in [1.54, 1.807) is 18.2 Å². The summed E-state index contributed by atoms with van der Waals surface area (Å²) in [5.41, 5.74) is 2.56. The molecule has 26 nitrogen and oxygen atoms in total. The van der Waals surface area contributed by atoms with Crippen LogP contribution in [0.5, 0.6) is 0 Å². The molecule has 1 fully saturated rings. The predicted octanol–water partition coefficient (Wildman–Crippen LogP) is -6.11. The number of aromatic amines is 1. The van der Waals surface area contributed by atoms with Gasteiger partial charge in [-0.1, -0.05) is 44.2 Å². The Morgan fingerprint density at radius 2 is 1.68 bits per heavy atom. The topological polar surface area (TPSA) is 382 Å². The molecule has 3 aliphatic heterocycles. The minimum atomic E-state index is -6.87. The van der Waals surface area contributed by atoms with Gasteiger partial charge in [0.05, 0.1) is 22.4 Å². The number of aromatic nitrogens is 2. The summed E-state index contributed by atoms with van der Waals surface area (Å²) in [5.74, 6) is -0.410. The van der Waals surface area contributed by atoms with Gasteiger partial charge in [-0.3, -0.25) is 9.83 Å². The fourth-order valence-corrected chi connectivity index (χ4v) is 15.4. The van der Waals surface area contributed by atoms with Gasteiger partial charge in [-0.25, -0.2) is 8.42 Å². The second-order valence-corrected chi connectivity index (χ2v) is 31.5. The van der Waals surface area contributed by atoms with Gasteiger partial charge in [0, 0.05) is 58.8 Å². The molecule has 5 atom stereocenters. The van der Waals surface area contributed by atoms with Crippen LogP contribution >= 0.6 is 34.1 Å². The van der Waals surface area contributed by atoms with Crippen LogP contribution in [0.1, 0.15) is 89.6 Å². The normalized spacial score (nSPS) is 19.7. The van der Waals surface area contributed by atoms with E-state index in [9.17, 15) is 67.1 Å². The Labute approximate surface area is 542 Å². The molecule has 0 saturated carbocycles. The minimum absolute atomic E-state index is 0. The molecule has 0 aliphatic carbocycles. The second-order valence-electron chi connectivity index (χ2n) is 19.2. The van der Waals surface area contributed by atoms with Crippen molar-refractivity contribution in [3.8, 4) is 0 Å². The first kappa shape index (κ1) is 72.3. The zero-order chi connectivity index (χ0) is 57.7. The maximum atomic E-state index is 13.0. The van der Waals surface area contributed by atoms with Crippen molar-refractivity contribution in [1.82, 2.24) is 14.9 Å². The van der Waals surface area contributed by atoms with E-state index >= 15 is 0 Å². The van der Waals surface area contributed by atoms with Crippen LogP contribution in [0, 0.1) is 0 Å². The van der Waals surface area contributed by atoms with Crippen LogP contribution < -0.4 is 136 Å². The molecule has 3 N–H and O–H groups in total. The molecule has 426 valence electrons. The molecule has 4 heterocycles. The van der Waals surface area contributed by atoms with Gasteiger partial charge in [0.2, 0.25) is 5.69 Å². The largest absolute Gasteiger partial charge is 1.00 e. The number of hydrogen-bond acceptors (Lipinski definition) is 23. The van der Waals surface area contributed by atoms with Crippen LogP contribution in [0.3, 0.4) is 0 Å². The smallest absolute Gasteiger partial charge is 0.744 e. The summed E-state index contributed by atoms with van der Waals surface area (Å²) >= 11 is 0.829. The maximum absolute atomic E-state index is 13.0. The van der Waals surface area contributed by atoms with Gasteiger partial charge in [0.25, 0.3) is 0 Å². The van der Waals surface area contributed by atoms with Crippen LogP contribution in [0.25, 0.3) is 16.8 Å². The predicted molar refractivity (Wildman–Crippen MR) is 274 cm³/mol. The summed E-state index contributed by atoms with van der Waals surface area (Å²) in [4.78, 5) is 66.9. The Balaban J connectivity index is 0.00000482. The molecule has 0 radical (unpaired) electrons. The van der Waals surface area contributed by atoms with E-state index in [1.807, 2.05) is 62.4 Å². The van der Waals surface area contributed by atoms with Crippen LogP contribution in [0.4, 0.5) is 11.4 Å². The average Bonchev–Trinajstić information content (AvgIpc) is 4.17. The van der Waals surface area contributed by atoms with E-state index in [-0.39, 0.29) is 106 Å². The van der Waals surface area contributed by atoms with Crippen molar-refractivity contribution >= 4 is 84.1 Å². The molecular weight excluding hydrogens is 1210 g/mol. The summed E-state index contributed by atoms with van der Waals surface area (Å²) < 4.78 is 85.7. The molecule has 3 aromatic carbocycles. The number of ether oxygens (including phenoxy) is 1. The van der Waals surface area contributed by atoms with Gasteiger partial charge >= 0.3 is 266 Å². The number of hydrogen-bond donors (Lipinski definition) is 3. The zero-order valence-electron chi connectivity index (χ0n) is 45.7. The van der Waals surface area contributed by atoms with Crippen molar-refractivity contribution in [1.29, 1.82) is 0 Å². The van der Waals surface area contributed by atoms with E-state index in [0.29, 0.717) is 48.0 Å². The van der Waals surface area contributed by atoms with E-state index in [2.05, 4.69) is 70.4 Å². The van der Waals surface area contributed by atoms with Gasteiger partial charge in [-0.2, -0.15) is 8.91 Å². The fourth-order valence-electron chi connectivity index (χ4n) is 9.98. The first-order chi connectivity index (χ1) is 37.4. The van der Waals surface area contributed by atoms with Crippen LogP contribution in [0.15, 0.2) is 116 Å². The van der Waals surface area contributed by atoms with E-state index in [0.717, 1.165) is 56.7 Å². The number of carbonyl (C=O) groups is 1. The zero-order valence-corrected chi connectivity index (χ0v) is 56.1. The van der Waals surface area contributed by atoms with Gasteiger partial charge in [0.1, 0.15) is 16.7 Å². The first-order valence-electron chi connectivity index (χ1n) is 24.1. The Morgan fingerprint density at radius 3 is 2.33 bits per heavy atom. The molecule has 34 heteroatoms. The van der Waals surface area contributed by atoms with E-state index < -0.39 is 91.7 Å². The Morgan fingerprint density at radius 1 is 0.963 bits per heavy atom. The fraction of sp³-hybridized carbons (Fsp3) is 0.375. The van der Waals surface area contributed by atoms with Crippen LogP contribution in [-0.4, -0.2) is 75.7 Å². The van der Waals surface area contributed by atoms with Crippen LogP contribution in [-0.2, 0) is 67.9 Å². The minimum Gasteiger partial charge on any atom is -0.744 e. The number of anilines is 1. The Bertz CT molecular complexity index is 3440. The summed E-state index contributed by atoms with van der Waals surface area (Å²) in [6.45, 7) is 3.44. The molecule has 1 saturated heterocycles. The third-order valence-electron chi connectivity index (χ3n) is 13.8. The van der Waals surface area contributed by atoms with Crippen molar-refractivity contribution in [2.75, 3.05) is 24.6 Å². The molecular formula is C48H53N5Na3O21P3S2. The molecule has 0 spiro atoms. The number of rotatable bonds is 25.